The second-order valence-electron chi connectivity index (χ2n) is 7.74. The maximum atomic E-state index is 13.5. The molecule has 0 radical (unpaired) electrons. The van der Waals surface area contributed by atoms with Gasteiger partial charge < -0.3 is 24.7 Å². The third-order valence-electron chi connectivity index (χ3n) is 5.78. The van der Waals surface area contributed by atoms with Gasteiger partial charge >= 0.3 is 11.9 Å². The third kappa shape index (κ3) is 4.27. The number of thiazole rings is 1. The molecule has 1 aromatic heterocycles. The van der Waals surface area contributed by atoms with Crippen LogP contribution >= 0.6 is 11.3 Å². The molecule has 4 rings (SSSR count). The summed E-state index contributed by atoms with van der Waals surface area (Å²) in [4.78, 5) is 39.6. The van der Waals surface area contributed by atoms with E-state index in [1.54, 1.807) is 55.7 Å². The van der Waals surface area contributed by atoms with E-state index >= 15 is 0 Å². The number of ether oxygens (including phenoxy) is 4. The summed E-state index contributed by atoms with van der Waals surface area (Å²) in [7, 11) is 5.50. The number of carbonyl (C=O) groups excluding carboxylic acids is 2. The quantitative estimate of drug-likeness (QED) is 0.493. The van der Waals surface area contributed by atoms with Gasteiger partial charge in [0.15, 0.2) is 0 Å². The fourth-order valence-electron chi connectivity index (χ4n) is 4.10. The molecule has 9 nitrogen and oxygen atoms in total. The number of methoxy groups -OCH3 is 4. The van der Waals surface area contributed by atoms with E-state index in [0.29, 0.717) is 27.2 Å². The average molecular weight is 509 g/mol. The van der Waals surface area contributed by atoms with Gasteiger partial charge in [0.2, 0.25) is 0 Å². The lowest BCUT2D eigenvalue weighted by Gasteiger charge is -2.26. The lowest BCUT2D eigenvalue weighted by atomic mass is 9.83. The van der Waals surface area contributed by atoms with Crippen LogP contribution < -0.4 is 30.0 Å². The monoisotopic (exact) mass is 508 g/mol. The zero-order valence-corrected chi connectivity index (χ0v) is 20.9. The first-order chi connectivity index (χ1) is 17.3. The van der Waals surface area contributed by atoms with Gasteiger partial charge in [0.1, 0.15) is 22.0 Å². The van der Waals surface area contributed by atoms with Gasteiger partial charge in [-0.3, -0.25) is 9.36 Å². The number of fused-ring (bicyclic) bond motifs is 1. The number of nitrogens with zero attached hydrogens (tertiary/aromatic N) is 1. The molecule has 0 aliphatic carbocycles. The van der Waals surface area contributed by atoms with Crippen LogP contribution in [-0.2, 0) is 19.1 Å². The number of carbonyl (C=O) groups is 2. The molecule has 1 aliphatic heterocycles. The highest BCUT2D eigenvalue weighted by molar-refractivity contribution is 7.07. The molecule has 186 valence electrons. The molecule has 0 fully saturated rings. The number of hydrogen-bond donors (Lipinski definition) is 1. The third-order valence-corrected chi connectivity index (χ3v) is 6.89. The Morgan fingerprint density at radius 3 is 2.17 bits per heavy atom. The van der Waals surface area contributed by atoms with E-state index in [1.807, 2.05) is 6.07 Å². The van der Waals surface area contributed by atoms with Crippen LogP contribution in [0.3, 0.4) is 0 Å². The normalized spacial score (nSPS) is 15.4. The first kappa shape index (κ1) is 24.8. The standard InChI is InChI=1S/C26H24N2O7S/c1-32-16-9-5-7-14(11-16)12-18-23(29)28-22(27)20(25(30)34-3)19(15-8-6-10-17(13-15)33-2)21(24(28)36-18)26(31)35-4/h5-13,19H,27H2,1-4H3/b18-12-. The summed E-state index contributed by atoms with van der Waals surface area (Å²) in [6.07, 6.45) is 1.67. The number of rotatable bonds is 6. The second kappa shape index (κ2) is 10.1. The molecule has 0 saturated carbocycles. The zero-order chi connectivity index (χ0) is 26.0. The van der Waals surface area contributed by atoms with E-state index in [2.05, 4.69) is 0 Å². The fraction of sp³-hybridized carbons (Fsp3) is 0.192. The lowest BCUT2D eigenvalue weighted by molar-refractivity contribution is -0.136. The first-order valence-corrected chi connectivity index (χ1v) is 11.6. The minimum atomic E-state index is -0.956. The maximum Gasteiger partial charge on any atom is 0.338 e. The van der Waals surface area contributed by atoms with Gasteiger partial charge in [-0.1, -0.05) is 24.3 Å². The van der Waals surface area contributed by atoms with Gasteiger partial charge in [-0.15, -0.1) is 11.3 Å². The molecule has 10 heteroatoms. The molecule has 0 bridgehead atoms. The Hall–Kier alpha value is -4.31. The van der Waals surface area contributed by atoms with Crippen molar-refractivity contribution >= 4 is 40.7 Å². The number of aromatic nitrogens is 1. The molecule has 0 spiro atoms. The Morgan fingerprint density at radius 2 is 1.53 bits per heavy atom. The molecular weight excluding hydrogens is 484 g/mol. The van der Waals surface area contributed by atoms with Crippen molar-refractivity contribution in [2.24, 2.45) is 5.73 Å². The molecule has 3 aromatic rings. The topological polar surface area (TPSA) is 119 Å². The molecule has 1 aliphatic rings. The molecule has 1 atom stereocenters. The van der Waals surface area contributed by atoms with Gasteiger partial charge in [0.05, 0.1) is 50.0 Å². The van der Waals surface area contributed by atoms with E-state index in [4.69, 9.17) is 24.7 Å². The highest BCUT2D eigenvalue weighted by Crippen LogP contribution is 2.38. The van der Waals surface area contributed by atoms with Crippen LogP contribution in [-0.4, -0.2) is 44.9 Å². The predicted octanol–water partition coefficient (Wildman–Crippen LogP) is 1.18. The first-order valence-electron chi connectivity index (χ1n) is 10.8. The van der Waals surface area contributed by atoms with Crippen molar-refractivity contribution in [3.05, 3.63) is 84.8 Å². The molecule has 0 amide bonds. The minimum Gasteiger partial charge on any atom is -0.497 e. The Morgan fingerprint density at radius 1 is 0.917 bits per heavy atom. The van der Waals surface area contributed by atoms with Crippen LogP contribution in [0.1, 0.15) is 17.0 Å². The Kier molecular flexibility index (Phi) is 6.98. The number of hydrogen-bond acceptors (Lipinski definition) is 9. The SMILES string of the molecule is COC(=O)C1=C(N)n2c(s/c(=C\c3cccc(OC)c3)c2=O)=C(C(=O)OC)C1c1cccc(OC)c1. The van der Waals surface area contributed by atoms with E-state index < -0.39 is 23.4 Å². The van der Waals surface area contributed by atoms with Crippen LogP contribution in [0, 0.1) is 0 Å². The van der Waals surface area contributed by atoms with Crippen LogP contribution in [0.5, 0.6) is 11.5 Å². The average Bonchev–Trinajstić information content (AvgIpc) is 3.23. The van der Waals surface area contributed by atoms with Crippen LogP contribution in [0.25, 0.3) is 17.5 Å². The van der Waals surface area contributed by atoms with Gasteiger partial charge in [0, 0.05) is 0 Å². The summed E-state index contributed by atoms with van der Waals surface area (Å²) >= 11 is 1.07. The van der Waals surface area contributed by atoms with E-state index in [0.717, 1.165) is 15.9 Å². The summed E-state index contributed by atoms with van der Waals surface area (Å²) in [5.41, 5.74) is 7.26. The Bertz CT molecular complexity index is 1570. The Balaban J connectivity index is 2.11. The summed E-state index contributed by atoms with van der Waals surface area (Å²) in [5, 5.41) is 0. The molecule has 2 heterocycles. The number of esters is 2. The molecule has 36 heavy (non-hydrogen) atoms. The van der Waals surface area contributed by atoms with Crippen molar-refractivity contribution in [1.82, 2.24) is 4.57 Å². The molecule has 2 aromatic carbocycles. The lowest BCUT2D eigenvalue weighted by Crippen LogP contribution is -2.41. The van der Waals surface area contributed by atoms with Gasteiger partial charge in [-0.25, -0.2) is 9.59 Å². The van der Waals surface area contributed by atoms with Gasteiger partial charge in [-0.05, 0) is 41.5 Å². The smallest absolute Gasteiger partial charge is 0.338 e. The minimum absolute atomic E-state index is 0.0496. The van der Waals surface area contributed by atoms with Gasteiger partial charge in [0.25, 0.3) is 5.56 Å². The highest BCUT2D eigenvalue weighted by Gasteiger charge is 2.39. The van der Waals surface area contributed by atoms with Crippen LogP contribution in [0.4, 0.5) is 0 Å². The van der Waals surface area contributed by atoms with Crippen molar-refractivity contribution in [3.8, 4) is 11.5 Å². The van der Waals surface area contributed by atoms with E-state index in [9.17, 15) is 14.4 Å². The molecule has 0 saturated heterocycles. The van der Waals surface area contributed by atoms with Crippen molar-refractivity contribution in [1.29, 1.82) is 0 Å². The van der Waals surface area contributed by atoms with Crippen LogP contribution in [0.2, 0.25) is 0 Å². The maximum absolute atomic E-state index is 13.5. The van der Waals surface area contributed by atoms with Crippen molar-refractivity contribution in [2.45, 2.75) is 5.92 Å². The number of benzene rings is 2. The highest BCUT2D eigenvalue weighted by atomic mass is 32.1. The van der Waals surface area contributed by atoms with E-state index in [1.165, 1.54) is 21.3 Å². The van der Waals surface area contributed by atoms with E-state index in [-0.39, 0.29) is 21.6 Å². The Labute approximate surface area is 210 Å². The van der Waals surface area contributed by atoms with Crippen molar-refractivity contribution in [2.75, 3.05) is 28.4 Å². The number of nitrogens with two attached hydrogens (primary N) is 1. The summed E-state index contributed by atoms with van der Waals surface area (Å²) in [6, 6.07) is 14.1. The molecule has 2 N–H and O–H groups in total. The predicted molar refractivity (Wildman–Crippen MR) is 135 cm³/mol. The molecule has 1 unspecified atom stereocenters. The zero-order valence-electron chi connectivity index (χ0n) is 20.1. The van der Waals surface area contributed by atoms with Crippen molar-refractivity contribution in [3.63, 3.8) is 0 Å². The van der Waals surface area contributed by atoms with Crippen molar-refractivity contribution < 1.29 is 28.5 Å². The summed E-state index contributed by atoms with van der Waals surface area (Å²) < 4.78 is 22.4. The molecular formula is C26H24N2O7S. The second-order valence-corrected chi connectivity index (χ2v) is 8.77. The fourth-order valence-corrected chi connectivity index (χ4v) is 5.27. The van der Waals surface area contributed by atoms with Crippen LogP contribution in [0.15, 0.2) is 58.9 Å². The van der Waals surface area contributed by atoms with Gasteiger partial charge in [-0.2, -0.15) is 0 Å². The largest absolute Gasteiger partial charge is 0.497 e. The summed E-state index contributed by atoms with van der Waals surface area (Å²) in [6.45, 7) is 0. The summed E-state index contributed by atoms with van der Waals surface area (Å²) in [5.74, 6) is -1.42.